The van der Waals surface area contributed by atoms with Gasteiger partial charge in [-0.25, -0.2) is 4.79 Å². The second-order valence-electron chi connectivity index (χ2n) is 9.75. The summed E-state index contributed by atoms with van der Waals surface area (Å²) in [6.45, 7) is 12.4. The summed E-state index contributed by atoms with van der Waals surface area (Å²) in [5.74, 6) is -0.232. The van der Waals surface area contributed by atoms with Crippen molar-refractivity contribution in [2.45, 2.75) is 76.7 Å². The molecule has 0 spiro atoms. The van der Waals surface area contributed by atoms with E-state index in [1.807, 2.05) is 32.9 Å². The van der Waals surface area contributed by atoms with Crippen LogP contribution < -0.4 is 5.73 Å². The molecule has 0 saturated heterocycles. The molecule has 0 saturated carbocycles. The van der Waals surface area contributed by atoms with Gasteiger partial charge in [0, 0.05) is 17.0 Å². The van der Waals surface area contributed by atoms with Crippen molar-refractivity contribution in [3.05, 3.63) is 56.3 Å². The van der Waals surface area contributed by atoms with Crippen LogP contribution in [-0.4, -0.2) is 16.7 Å². The van der Waals surface area contributed by atoms with Gasteiger partial charge in [-0.3, -0.25) is 0 Å². The van der Waals surface area contributed by atoms with Crippen LogP contribution in [0.4, 0.5) is 5.69 Å². The van der Waals surface area contributed by atoms with Crippen LogP contribution in [-0.2, 0) is 21.4 Å². The van der Waals surface area contributed by atoms with Crippen LogP contribution in [0.2, 0.25) is 0 Å². The summed E-state index contributed by atoms with van der Waals surface area (Å²) < 4.78 is 6.07. The van der Waals surface area contributed by atoms with Crippen molar-refractivity contribution in [1.29, 1.82) is 0 Å². The Bertz CT molecular complexity index is 987. The number of nitrogens with two attached hydrogens (primary N) is 1. The third-order valence-electron chi connectivity index (χ3n) is 6.07. The summed E-state index contributed by atoms with van der Waals surface area (Å²) in [6.07, 6.45) is 1.83. The highest BCUT2D eigenvalue weighted by molar-refractivity contribution is 8.04. The van der Waals surface area contributed by atoms with Crippen molar-refractivity contribution >= 4 is 34.8 Å². The van der Waals surface area contributed by atoms with E-state index < -0.39 is 11.6 Å². The number of esters is 1. The Morgan fingerprint density at radius 2 is 2.03 bits per heavy atom. The number of hydrogen-bond donors (Lipinski definition) is 2. The highest BCUT2D eigenvalue weighted by Crippen LogP contribution is 2.45. The molecule has 1 aliphatic heterocycles. The van der Waals surface area contributed by atoms with Gasteiger partial charge in [0.15, 0.2) is 0 Å². The monoisotopic (exact) mass is 459 g/mol. The molecule has 0 amide bonds. The molecular weight excluding hydrogens is 426 g/mol. The number of carbonyl (C=O) groups excluding carboxylic acids is 1. The number of thioether (sulfide) groups is 1. The second-order valence-corrected chi connectivity index (χ2v) is 11.6. The molecule has 2 heterocycles. The quantitative estimate of drug-likeness (QED) is 0.368. The van der Waals surface area contributed by atoms with Crippen LogP contribution in [0.3, 0.4) is 0 Å². The number of benzene rings is 1. The standard InChI is InChI=1S/C25H33NO3S2/c1-15(2)25(9-7-17-8-10-30-14-17)13-20(27)22(23(28)29-25)31-21-11-16(3)19(26)12-18(21)24(4,5)6/h8,10-12,14-15,27H,7,9,13,26H2,1-6H3. The number of carbonyl (C=O) groups is 1. The molecule has 1 atom stereocenters. The third kappa shape index (κ3) is 5.12. The first-order valence-electron chi connectivity index (χ1n) is 10.7. The molecule has 2 aromatic rings. The Morgan fingerprint density at radius 3 is 2.58 bits per heavy atom. The molecule has 31 heavy (non-hydrogen) atoms. The van der Waals surface area contributed by atoms with E-state index in [0.29, 0.717) is 12.8 Å². The van der Waals surface area contributed by atoms with Gasteiger partial charge in [0.2, 0.25) is 0 Å². The van der Waals surface area contributed by atoms with Gasteiger partial charge < -0.3 is 15.6 Å². The lowest BCUT2D eigenvalue weighted by molar-refractivity contribution is -0.164. The maximum absolute atomic E-state index is 13.1. The molecule has 1 aromatic heterocycles. The topological polar surface area (TPSA) is 72.5 Å². The third-order valence-corrected chi connectivity index (χ3v) is 7.96. The van der Waals surface area contributed by atoms with E-state index in [0.717, 1.165) is 28.1 Å². The molecule has 3 N–H and O–H groups in total. The molecule has 1 aromatic carbocycles. The summed E-state index contributed by atoms with van der Waals surface area (Å²) in [5, 5.41) is 15.2. The molecule has 4 nitrogen and oxygen atoms in total. The molecule has 0 aliphatic carbocycles. The van der Waals surface area contributed by atoms with Gasteiger partial charge in [0.25, 0.3) is 0 Å². The molecule has 168 valence electrons. The normalized spacial score (nSPS) is 19.8. The maximum atomic E-state index is 13.1. The van der Waals surface area contributed by atoms with E-state index in [-0.39, 0.29) is 22.0 Å². The molecule has 1 aliphatic rings. The summed E-state index contributed by atoms with van der Waals surface area (Å²) >= 11 is 2.95. The van der Waals surface area contributed by atoms with Crippen molar-refractivity contribution in [2.75, 3.05) is 5.73 Å². The van der Waals surface area contributed by atoms with Crippen LogP contribution in [0.25, 0.3) is 0 Å². The molecule has 6 heteroatoms. The van der Waals surface area contributed by atoms with E-state index in [1.165, 1.54) is 17.3 Å². The zero-order chi connectivity index (χ0) is 23.0. The predicted octanol–water partition coefficient (Wildman–Crippen LogP) is 6.77. The number of hydrogen-bond acceptors (Lipinski definition) is 6. The number of aliphatic hydroxyl groups excluding tert-OH is 1. The van der Waals surface area contributed by atoms with Crippen LogP contribution in [0, 0.1) is 12.8 Å². The summed E-state index contributed by atoms with van der Waals surface area (Å²) in [5.41, 5.74) is 9.27. The minimum absolute atomic E-state index is 0.0905. The first-order chi connectivity index (χ1) is 14.4. The smallest absolute Gasteiger partial charge is 0.349 e. The van der Waals surface area contributed by atoms with E-state index in [2.05, 4.69) is 37.6 Å². The number of cyclic esters (lactones) is 1. The Hall–Kier alpha value is -1.92. The van der Waals surface area contributed by atoms with E-state index >= 15 is 0 Å². The first kappa shape index (κ1) is 23.7. The largest absolute Gasteiger partial charge is 0.511 e. The number of ether oxygens (including phenoxy) is 1. The Balaban J connectivity index is 1.92. The van der Waals surface area contributed by atoms with Gasteiger partial charge in [-0.2, -0.15) is 11.3 Å². The minimum Gasteiger partial charge on any atom is -0.511 e. The van der Waals surface area contributed by atoms with Crippen LogP contribution >= 0.6 is 23.1 Å². The Kier molecular flexibility index (Phi) is 6.82. The fourth-order valence-electron chi connectivity index (χ4n) is 3.87. The Morgan fingerprint density at radius 1 is 1.32 bits per heavy atom. The van der Waals surface area contributed by atoms with Crippen molar-refractivity contribution in [1.82, 2.24) is 0 Å². The van der Waals surface area contributed by atoms with Gasteiger partial charge >= 0.3 is 5.97 Å². The molecule has 0 fully saturated rings. The minimum atomic E-state index is -0.697. The van der Waals surface area contributed by atoms with Gasteiger partial charge in [0.05, 0.1) is 0 Å². The summed E-state index contributed by atoms with van der Waals surface area (Å²) in [6, 6.07) is 6.06. The van der Waals surface area contributed by atoms with Gasteiger partial charge in [-0.15, -0.1) is 0 Å². The van der Waals surface area contributed by atoms with Crippen molar-refractivity contribution in [3.8, 4) is 0 Å². The van der Waals surface area contributed by atoms with Crippen LogP contribution in [0.15, 0.2) is 44.5 Å². The summed E-state index contributed by atoms with van der Waals surface area (Å²) in [7, 11) is 0. The molecule has 0 radical (unpaired) electrons. The number of anilines is 1. The van der Waals surface area contributed by atoms with Crippen LogP contribution in [0.5, 0.6) is 0 Å². The van der Waals surface area contributed by atoms with Crippen molar-refractivity contribution in [3.63, 3.8) is 0 Å². The second kappa shape index (κ2) is 8.91. The molecule has 3 rings (SSSR count). The molecular formula is C25H33NO3S2. The number of rotatable bonds is 6. The average Bonchev–Trinajstić information content (AvgIpc) is 3.18. The fourth-order valence-corrected chi connectivity index (χ4v) is 5.82. The molecule has 0 bridgehead atoms. The zero-order valence-corrected chi connectivity index (χ0v) is 20.9. The number of aliphatic hydroxyl groups is 1. The van der Waals surface area contributed by atoms with Gasteiger partial charge in [0.1, 0.15) is 16.3 Å². The van der Waals surface area contributed by atoms with Crippen molar-refractivity contribution in [2.24, 2.45) is 5.92 Å². The number of nitrogen functional groups attached to an aromatic ring is 1. The maximum Gasteiger partial charge on any atom is 0.349 e. The highest BCUT2D eigenvalue weighted by atomic mass is 32.2. The van der Waals surface area contributed by atoms with Gasteiger partial charge in [-0.05, 0) is 76.7 Å². The summed E-state index contributed by atoms with van der Waals surface area (Å²) in [4.78, 5) is 14.3. The number of thiophene rings is 1. The lowest BCUT2D eigenvalue weighted by atomic mass is 9.80. The molecule has 1 unspecified atom stereocenters. The number of aryl methyl sites for hydroxylation is 2. The predicted molar refractivity (Wildman–Crippen MR) is 131 cm³/mol. The SMILES string of the molecule is Cc1cc(SC2=C(O)CC(CCc3ccsc3)(C(C)C)OC2=O)c(C(C)(C)C)cc1N. The van der Waals surface area contributed by atoms with E-state index in [1.54, 1.807) is 11.3 Å². The Labute approximate surface area is 193 Å². The highest BCUT2D eigenvalue weighted by Gasteiger charge is 2.44. The lowest BCUT2D eigenvalue weighted by Crippen LogP contribution is -2.44. The fraction of sp³-hybridized carbons (Fsp3) is 0.480. The average molecular weight is 460 g/mol. The zero-order valence-electron chi connectivity index (χ0n) is 19.2. The lowest BCUT2D eigenvalue weighted by Gasteiger charge is -2.40. The first-order valence-corrected chi connectivity index (χ1v) is 12.4. The van der Waals surface area contributed by atoms with Gasteiger partial charge in [-0.1, -0.05) is 46.4 Å². The van der Waals surface area contributed by atoms with E-state index in [4.69, 9.17) is 10.5 Å². The van der Waals surface area contributed by atoms with E-state index in [9.17, 15) is 9.90 Å². The van der Waals surface area contributed by atoms with Crippen LogP contribution in [0.1, 0.15) is 64.2 Å². The van der Waals surface area contributed by atoms with Crippen molar-refractivity contribution < 1.29 is 14.6 Å².